The van der Waals surface area contributed by atoms with Gasteiger partial charge in [0.1, 0.15) is 5.75 Å². The van der Waals surface area contributed by atoms with E-state index in [0.717, 1.165) is 18.4 Å². The van der Waals surface area contributed by atoms with Crippen LogP contribution in [0.5, 0.6) is 5.75 Å². The van der Waals surface area contributed by atoms with Crippen LogP contribution in [0.2, 0.25) is 0 Å². The Hall–Kier alpha value is -1.55. The Balaban J connectivity index is 3.20. The number of benzene rings is 1. The van der Waals surface area contributed by atoms with E-state index in [1.165, 1.54) is 5.56 Å². The van der Waals surface area contributed by atoms with Gasteiger partial charge in [0.15, 0.2) is 0 Å². The third kappa shape index (κ3) is 3.47. The van der Waals surface area contributed by atoms with E-state index < -0.39 is 6.09 Å². The van der Waals surface area contributed by atoms with Crippen LogP contribution >= 0.6 is 0 Å². The lowest BCUT2D eigenvalue weighted by Crippen LogP contribution is -2.20. The molecule has 0 aromatic heterocycles. The maximum atomic E-state index is 10.9. The quantitative estimate of drug-likeness (QED) is 0.874. The lowest BCUT2D eigenvalue weighted by Gasteiger charge is -2.24. The molecule has 0 aliphatic heterocycles. The molecular formula is C14H22N2O2. The predicted molar refractivity (Wildman–Crippen MR) is 72.8 cm³/mol. The molecule has 0 saturated carbocycles. The number of carbonyl (C=O) groups is 1. The minimum absolute atomic E-state index is 0.267. The van der Waals surface area contributed by atoms with Crippen molar-refractivity contribution >= 4 is 6.09 Å². The van der Waals surface area contributed by atoms with Crippen LogP contribution in [0.15, 0.2) is 18.2 Å². The van der Waals surface area contributed by atoms with Gasteiger partial charge in [0, 0.05) is 6.04 Å². The van der Waals surface area contributed by atoms with E-state index in [9.17, 15) is 4.79 Å². The molecule has 0 aliphatic rings. The summed E-state index contributed by atoms with van der Waals surface area (Å²) in [4.78, 5) is 13.1. The highest BCUT2D eigenvalue weighted by Crippen LogP contribution is 2.30. The van der Waals surface area contributed by atoms with E-state index in [-0.39, 0.29) is 6.04 Å². The van der Waals surface area contributed by atoms with Gasteiger partial charge in [-0.25, -0.2) is 4.79 Å². The van der Waals surface area contributed by atoms with Crippen LogP contribution < -0.4 is 10.5 Å². The number of primary amides is 1. The summed E-state index contributed by atoms with van der Waals surface area (Å²) in [7, 11) is 4.06. The summed E-state index contributed by atoms with van der Waals surface area (Å²) in [6, 6.07) is 6.03. The van der Waals surface area contributed by atoms with Crippen molar-refractivity contribution in [2.45, 2.75) is 32.7 Å². The number of carbonyl (C=O) groups excluding carboxylic acids is 1. The summed E-state index contributed by atoms with van der Waals surface area (Å²) in [6.45, 7) is 4.23. The summed E-state index contributed by atoms with van der Waals surface area (Å²) < 4.78 is 5.09. The van der Waals surface area contributed by atoms with E-state index in [1.54, 1.807) is 6.07 Å². The number of hydrogen-bond donors (Lipinski definition) is 1. The van der Waals surface area contributed by atoms with Gasteiger partial charge in [0.25, 0.3) is 0 Å². The van der Waals surface area contributed by atoms with Gasteiger partial charge in [-0.2, -0.15) is 0 Å². The monoisotopic (exact) mass is 250 g/mol. The second kappa shape index (κ2) is 6.40. The van der Waals surface area contributed by atoms with Crippen molar-refractivity contribution in [3.05, 3.63) is 29.3 Å². The smallest absolute Gasteiger partial charge is 0.409 e. The van der Waals surface area contributed by atoms with Crippen molar-refractivity contribution in [2.24, 2.45) is 5.73 Å². The number of hydrogen-bond acceptors (Lipinski definition) is 3. The third-order valence-electron chi connectivity index (χ3n) is 3.10. The van der Waals surface area contributed by atoms with Gasteiger partial charge < -0.3 is 15.4 Å². The zero-order valence-corrected chi connectivity index (χ0v) is 11.6. The van der Waals surface area contributed by atoms with Gasteiger partial charge in [-0.1, -0.05) is 25.5 Å². The zero-order chi connectivity index (χ0) is 13.7. The average molecular weight is 250 g/mol. The first-order valence-corrected chi connectivity index (χ1v) is 6.22. The van der Waals surface area contributed by atoms with Crippen molar-refractivity contribution in [3.63, 3.8) is 0 Å². The summed E-state index contributed by atoms with van der Waals surface area (Å²) in [5.41, 5.74) is 7.35. The lowest BCUT2D eigenvalue weighted by atomic mass is 9.96. The molecule has 1 atom stereocenters. The highest BCUT2D eigenvalue weighted by molar-refractivity contribution is 5.69. The van der Waals surface area contributed by atoms with Crippen molar-refractivity contribution < 1.29 is 9.53 Å². The van der Waals surface area contributed by atoms with E-state index in [1.807, 2.05) is 20.2 Å². The van der Waals surface area contributed by atoms with Crippen LogP contribution in [-0.2, 0) is 6.42 Å². The van der Waals surface area contributed by atoms with Crippen LogP contribution in [0.4, 0.5) is 4.79 Å². The molecule has 1 unspecified atom stereocenters. The van der Waals surface area contributed by atoms with E-state index in [4.69, 9.17) is 10.5 Å². The fraction of sp³-hybridized carbons (Fsp3) is 0.500. The summed E-state index contributed by atoms with van der Waals surface area (Å²) in [5.74, 6) is 0.579. The van der Waals surface area contributed by atoms with Crippen LogP contribution in [-0.4, -0.2) is 25.1 Å². The van der Waals surface area contributed by atoms with Crippen LogP contribution in [0.3, 0.4) is 0 Å². The molecule has 0 radical (unpaired) electrons. The van der Waals surface area contributed by atoms with Gasteiger partial charge in [0.05, 0.1) is 0 Å². The Morgan fingerprint density at radius 2 is 2.11 bits per heavy atom. The molecular weight excluding hydrogens is 228 g/mol. The average Bonchev–Trinajstić information content (AvgIpc) is 2.30. The molecule has 1 aromatic rings. The summed E-state index contributed by atoms with van der Waals surface area (Å²) in [5, 5.41) is 0. The first-order chi connectivity index (χ1) is 8.47. The fourth-order valence-corrected chi connectivity index (χ4v) is 1.97. The highest BCUT2D eigenvalue weighted by Gasteiger charge is 2.16. The molecule has 0 fully saturated rings. The first-order valence-electron chi connectivity index (χ1n) is 6.22. The largest absolute Gasteiger partial charge is 0.410 e. The minimum Gasteiger partial charge on any atom is -0.410 e. The molecule has 0 heterocycles. The third-order valence-corrected chi connectivity index (χ3v) is 3.10. The standard InChI is InChI=1S/C14H22N2O2/c1-5-7-12-11(10(2)16(3)4)8-6-9-13(12)18-14(15)17/h6,8-10H,5,7H2,1-4H3,(H2,15,17). The molecule has 4 nitrogen and oxygen atoms in total. The van der Waals surface area contributed by atoms with Crippen LogP contribution in [0.1, 0.15) is 37.4 Å². The maximum absolute atomic E-state index is 10.9. The maximum Gasteiger partial charge on any atom is 0.409 e. The molecule has 0 bridgehead atoms. The topological polar surface area (TPSA) is 55.6 Å². The molecule has 1 aromatic carbocycles. The Morgan fingerprint density at radius 1 is 1.44 bits per heavy atom. The number of nitrogens with two attached hydrogens (primary N) is 1. The molecule has 1 amide bonds. The summed E-state index contributed by atoms with van der Waals surface area (Å²) >= 11 is 0. The fourth-order valence-electron chi connectivity index (χ4n) is 1.97. The minimum atomic E-state index is -0.762. The predicted octanol–water partition coefficient (Wildman–Crippen LogP) is 2.72. The molecule has 100 valence electrons. The van der Waals surface area contributed by atoms with E-state index >= 15 is 0 Å². The second-order valence-corrected chi connectivity index (χ2v) is 4.63. The lowest BCUT2D eigenvalue weighted by molar-refractivity contribution is 0.210. The van der Waals surface area contributed by atoms with Gasteiger partial charge >= 0.3 is 6.09 Å². The Kier molecular flexibility index (Phi) is 5.16. The normalized spacial score (nSPS) is 12.5. The van der Waals surface area contributed by atoms with Crippen LogP contribution in [0, 0.1) is 0 Å². The molecule has 18 heavy (non-hydrogen) atoms. The van der Waals surface area contributed by atoms with Gasteiger partial charge in [0.2, 0.25) is 0 Å². The first kappa shape index (κ1) is 14.5. The highest BCUT2D eigenvalue weighted by atomic mass is 16.5. The van der Waals surface area contributed by atoms with E-state index in [0.29, 0.717) is 5.75 Å². The Bertz CT molecular complexity index is 416. The summed E-state index contributed by atoms with van der Waals surface area (Å²) in [6.07, 6.45) is 1.10. The molecule has 0 spiro atoms. The van der Waals surface area contributed by atoms with Crippen molar-refractivity contribution in [1.29, 1.82) is 0 Å². The van der Waals surface area contributed by atoms with Gasteiger partial charge in [-0.15, -0.1) is 0 Å². The molecule has 0 aliphatic carbocycles. The van der Waals surface area contributed by atoms with Gasteiger partial charge in [-0.3, -0.25) is 0 Å². The van der Waals surface area contributed by atoms with Crippen molar-refractivity contribution in [1.82, 2.24) is 4.90 Å². The number of amides is 1. The van der Waals surface area contributed by atoms with Crippen molar-refractivity contribution in [3.8, 4) is 5.75 Å². The molecule has 2 N–H and O–H groups in total. The number of nitrogens with zero attached hydrogens (tertiary/aromatic N) is 1. The van der Waals surface area contributed by atoms with Crippen molar-refractivity contribution in [2.75, 3.05) is 14.1 Å². The van der Waals surface area contributed by atoms with Crippen LogP contribution in [0.25, 0.3) is 0 Å². The molecule has 4 heteroatoms. The number of rotatable bonds is 5. The molecule has 0 saturated heterocycles. The Labute approximate surface area is 109 Å². The second-order valence-electron chi connectivity index (χ2n) is 4.63. The zero-order valence-electron chi connectivity index (χ0n) is 11.6. The van der Waals surface area contributed by atoms with E-state index in [2.05, 4.69) is 24.8 Å². The Morgan fingerprint density at radius 3 is 2.61 bits per heavy atom. The molecule has 1 rings (SSSR count). The SMILES string of the molecule is CCCc1c(OC(N)=O)cccc1C(C)N(C)C. The van der Waals surface area contributed by atoms with Gasteiger partial charge in [-0.05, 0) is 44.6 Å². The number of ether oxygens (including phenoxy) is 1.